The van der Waals surface area contributed by atoms with E-state index in [0.29, 0.717) is 12.3 Å². The highest BCUT2D eigenvalue weighted by Crippen LogP contribution is 2.32. The van der Waals surface area contributed by atoms with Crippen molar-refractivity contribution in [3.8, 4) is 5.75 Å². The third kappa shape index (κ3) is 2.66. The average Bonchev–Trinajstić information content (AvgIpc) is 2.38. The van der Waals surface area contributed by atoms with E-state index in [1.54, 1.807) is 6.07 Å². The van der Waals surface area contributed by atoms with Crippen LogP contribution in [0.25, 0.3) is 0 Å². The van der Waals surface area contributed by atoms with Gasteiger partial charge in [0.1, 0.15) is 5.75 Å². The summed E-state index contributed by atoms with van der Waals surface area (Å²) >= 11 is 0. The largest absolute Gasteiger partial charge is 0.508 e. The summed E-state index contributed by atoms with van der Waals surface area (Å²) in [7, 11) is 0. The zero-order valence-corrected chi connectivity index (χ0v) is 9.71. The first kappa shape index (κ1) is 11.7. The van der Waals surface area contributed by atoms with Crippen LogP contribution in [0.5, 0.6) is 5.75 Å². The third-order valence-electron chi connectivity index (χ3n) is 2.97. The second-order valence-corrected chi connectivity index (χ2v) is 4.10. The molecule has 0 amide bonds. The van der Waals surface area contributed by atoms with E-state index in [4.69, 9.17) is 5.73 Å². The van der Waals surface area contributed by atoms with E-state index in [-0.39, 0.29) is 5.92 Å². The van der Waals surface area contributed by atoms with Crippen LogP contribution < -0.4 is 5.73 Å². The molecule has 0 radical (unpaired) electrons. The molecule has 0 aliphatic heterocycles. The van der Waals surface area contributed by atoms with Crippen LogP contribution in [-0.4, -0.2) is 11.7 Å². The lowest BCUT2D eigenvalue weighted by molar-refractivity contribution is 0.463. The molecule has 0 fully saturated rings. The lowest BCUT2D eigenvalue weighted by atomic mass is 9.88. The molecule has 17 heavy (non-hydrogen) atoms. The second kappa shape index (κ2) is 5.51. The van der Waals surface area contributed by atoms with Crippen molar-refractivity contribution in [2.75, 3.05) is 6.54 Å². The number of hydrogen-bond donors (Lipinski definition) is 2. The number of phenolic OH excluding ortho intramolecular Hbond substituents is 1. The Morgan fingerprint density at radius 1 is 0.941 bits per heavy atom. The van der Waals surface area contributed by atoms with Gasteiger partial charge in [-0.25, -0.2) is 0 Å². The van der Waals surface area contributed by atoms with Crippen LogP contribution in [0, 0.1) is 0 Å². The zero-order chi connectivity index (χ0) is 12.1. The van der Waals surface area contributed by atoms with Gasteiger partial charge >= 0.3 is 0 Å². The molecule has 0 spiro atoms. The Hall–Kier alpha value is -1.80. The Labute approximate surface area is 102 Å². The van der Waals surface area contributed by atoms with Gasteiger partial charge in [0, 0.05) is 11.5 Å². The summed E-state index contributed by atoms with van der Waals surface area (Å²) in [5.74, 6) is 0.511. The van der Waals surface area contributed by atoms with Crippen LogP contribution in [0.2, 0.25) is 0 Å². The van der Waals surface area contributed by atoms with Crippen LogP contribution in [0.3, 0.4) is 0 Å². The molecule has 2 aromatic carbocycles. The fourth-order valence-electron chi connectivity index (χ4n) is 2.14. The number of aromatic hydroxyl groups is 1. The van der Waals surface area contributed by atoms with E-state index in [2.05, 4.69) is 12.1 Å². The number of rotatable bonds is 4. The van der Waals surface area contributed by atoms with Crippen LogP contribution in [0.1, 0.15) is 23.5 Å². The molecule has 0 aliphatic carbocycles. The summed E-state index contributed by atoms with van der Waals surface area (Å²) in [6.45, 7) is 0.605. The highest BCUT2D eigenvalue weighted by Gasteiger charge is 2.15. The average molecular weight is 227 g/mol. The maximum atomic E-state index is 9.93. The maximum absolute atomic E-state index is 9.93. The van der Waals surface area contributed by atoms with Gasteiger partial charge in [-0.1, -0.05) is 48.5 Å². The fourth-order valence-corrected chi connectivity index (χ4v) is 2.14. The van der Waals surface area contributed by atoms with Crippen molar-refractivity contribution in [3.05, 3.63) is 65.7 Å². The minimum Gasteiger partial charge on any atom is -0.508 e. The number of nitrogens with two attached hydrogens (primary N) is 1. The van der Waals surface area contributed by atoms with Gasteiger partial charge in [0.25, 0.3) is 0 Å². The zero-order valence-electron chi connectivity index (χ0n) is 9.71. The molecule has 0 saturated carbocycles. The highest BCUT2D eigenvalue weighted by atomic mass is 16.3. The Kier molecular flexibility index (Phi) is 3.78. The molecule has 2 rings (SSSR count). The molecule has 0 heterocycles. The Morgan fingerprint density at radius 3 is 2.24 bits per heavy atom. The summed E-state index contributed by atoms with van der Waals surface area (Å²) in [5, 5.41) is 9.93. The molecule has 88 valence electrons. The predicted octanol–water partition coefficient (Wildman–Crippen LogP) is 2.87. The highest BCUT2D eigenvalue weighted by molar-refractivity contribution is 5.41. The van der Waals surface area contributed by atoms with Crippen molar-refractivity contribution in [3.63, 3.8) is 0 Å². The first-order valence-corrected chi connectivity index (χ1v) is 5.86. The van der Waals surface area contributed by atoms with Crippen LogP contribution in [-0.2, 0) is 0 Å². The lowest BCUT2D eigenvalue weighted by Gasteiger charge is -2.18. The molecule has 2 heteroatoms. The van der Waals surface area contributed by atoms with Crippen molar-refractivity contribution >= 4 is 0 Å². The van der Waals surface area contributed by atoms with E-state index < -0.39 is 0 Å². The smallest absolute Gasteiger partial charge is 0.119 e. The third-order valence-corrected chi connectivity index (χ3v) is 2.97. The molecule has 1 unspecified atom stereocenters. The lowest BCUT2D eigenvalue weighted by Crippen LogP contribution is -2.08. The van der Waals surface area contributed by atoms with Gasteiger partial charge in [-0.3, -0.25) is 0 Å². The van der Waals surface area contributed by atoms with Gasteiger partial charge in [0.05, 0.1) is 0 Å². The topological polar surface area (TPSA) is 46.2 Å². The van der Waals surface area contributed by atoms with Gasteiger partial charge < -0.3 is 10.8 Å². The summed E-state index contributed by atoms with van der Waals surface area (Å²) in [5.41, 5.74) is 7.81. The van der Waals surface area contributed by atoms with Crippen molar-refractivity contribution in [2.45, 2.75) is 12.3 Å². The standard InChI is InChI=1S/C15H17NO/c16-11-10-13(12-6-2-1-3-7-12)14-8-4-5-9-15(14)17/h1-9,13,17H,10-11,16H2. The summed E-state index contributed by atoms with van der Waals surface area (Å²) in [6, 6.07) is 17.6. The maximum Gasteiger partial charge on any atom is 0.119 e. The minimum atomic E-state index is 0.169. The number of para-hydroxylation sites is 1. The fraction of sp³-hybridized carbons (Fsp3) is 0.200. The number of benzene rings is 2. The molecular weight excluding hydrogens is 210 g/mol. The molecule has 0 aliphatic rings. The first-order valence-electron chi connectivity index (χ1n) is 5.86. The number of phenols is 1. The van der Waals surface area contributed by atoms with E-state index in [1.807, 2.05) is 36.4 Å². The number of hydrogen-bond acceptors (Lipinski definition) is 2. The predicted molar refractivity (Wildman–Crippen MR) is 70.1 cm³/mol. The monoisotopic (exact) mass is 227 g/mol. The van der Waals surface area contributed by atoms with Gasteiger partial charge in [-0.2, -0.15) is 0 Å². The Bertz CT molecular complexity index is 467. The van der Waals surface area contributed by atoms with E-state index in [0.717, 1.165) is 12.0 Å². The Balaban J connectivity index is 2.39. The normalized spacial score (nSPS) is 12.3. The quantitative estimate of drug-likeness (QED) is 0.843. The summed E-state index contributed by atoms with van der Waals surface area (Å²) in [4.78, 5) is 0. The van der Waals surface area contributed by atoms with E-state index in [9.17, 15) is 5.11 Å². The molecular formula is C15H17NO. The molecule has 2 nitrogen and oxygen atoms in total. The van der Waals surface area contributed by atoms with Gasteiger partial charge in [0.15, 0.2) is 0 Å². The van der Waals surface area contributed by atoms with Crippen molar-refractivity contribution in [2.24, 2.45) is 5.73 Å². The SMILES string of the molecule is NCCC(c1ccccc1)c1ccccc1O. The summed E-state index contributed by atoms with van der Waals surface area (Å²) in [6.07, 6.45) is 0.835. The molecule has 0 bridgehead atoms. The van der Waals surface area contributed by atoms with Crippen LogP contribution in [0.4, 0.5) is 0 Å². The minimum absolute atomic E-state index is 0.169. The molecule has 3 N–H and O–H groups in total. The van der Waals surface area contributed by atoms with Crippen LogP contribution >= 0.6 is 0 Å². The Morgan fingerprint density at radius 2 is 1.59 bits per heavy atom. The summed E-state index contributed by atoms with van der Waals surface area (Å²) < 4.78 is 0. The molecule has 0 aromatic heterocycles. The van der Waals surface area contributed by atoms with Crippen molar-refractivity contribution in [1.29, 1.82) is 0 Å². The van der Waals surface area contributed by atoms with E-state index >= 15 is 0 Å². The van der Waals surface area contributed by atoms with Gasteiger partial charge in [0.2, 0.25) is 0 Å². The molecule has 1 atom stereocenters. The van der Waals surface area contributed by atoms with Gasteiger partial charge in [-0.05, 0) is 24.6 Å². The van der Waals surface area contributed by atoms with Gasteiger partial charge in [-0.15, -0.1) is 0 Å². The molecule has 0 saturated heterocycles. The second-order valence-electron chi connectivity index (χ2n) is 4.10. The van der Waals surface area contributed by atoms with Crippen molar-refractivity contribution in [1.82, 2.24) is 0 Å². The van der Waals surface area contributed by atoms with Crippen molar-refractivity contribution < 1.29 is 5.11 Å². The first-order chi connectivity index (χ1) is 8.33. The van der Waals surface area contributed by atoms with E-state index in [1.165, 1.54) is 5.56 Å². The van der Waals surface area contributed by atoms with Crippen LogP contribution in [0.15, 0.2) is 54.6 Å². The molecule has 2 aromatic rings.